The molecular weight excluding hydrogens is 457 g/mol. The Morgan fingerprint density at radius 3 is 2.61 bits per heavy atom. The van der Waals surface area contributed by atoms with Crippen LogP contribution in [-0.4, -0.2) is 39.8 Å². The molecule has 2 atom stereocenters. The first-order chi connectivity index (χ1) is 17.4. The second kappa shape index (κ2) is 10.1. The number of ether oxygens (including phenoxy) is 1. The number of hydrogen-bond acceptors (Lipinski definition) is 4. The Morgan fingerprint density at radius 2 is 1.86 bits per heavy atom. The summed E-state index contributed by atoms with van der Waals surface area (Å²) in [5, 5.41) is 10.9. The van der Waals surface area contributed by atoms with E-state index in [0.29, 0.717) is 23.9 Å². The van der Waals surface area contributed by atoms with Gasteiger partial charge in [-0.15, -0.1) is 0 Å². The number of aromatic nitrogens is 2. The van der Waals surface area contributed by atoms with Crippen LogP contribution in [0.1, 0.15) is 43.5 Å². The van der Waals surface area contributed by atoms with Gasteiger partial charge in [-0.3, -0.25) is 4.79 Å². The quantitative estimate of drug-likeness (QED) is 0.368. The zero-order valence-corrected chi connectivity index (χ0v) is 20.5. The minimum Gasteiger partial charge on any atom is -0.491 e. The molecule has 36 heavy (non-hydrogen) atoms. The number of para-hydroxylation sites is 2. The number of rotatable bonds is 8. The molecule has 5 rings (SSSR count). The van der Waals surface area contributed by atoms with Gasteiger partial charge in [-0.05, 0) is 53.9 Å². The molecule has 7 heteroatoms. The number of halogens is 1. The van der Waals surface area contributed by atoms with Crippen LogP contribution in [0, 0.1) is 5.82 Å². The van der Waals surface area contributed by atoms with Gasteiger partial charge in [-0.25, -0.2) is 9.37 Å². The van der Waals surface area contributed by atoms with Gasteiger partial charge in [0.15, 0.2) is 0 Å². The summed E-state index contributed by atoms with van der Waals surface area (Å²) >= 11 is 0. The summed E-state index contributed by atoms with van der Waals surface area (Å²) in [5.74, 6) is 1.27. The van der Waals surface area contributed by atoms with E-state index in [9.17, 15) is 14.3 Å². The van der Waals surface area contributed by atoms with Crippen LogP contribution in [0.15, 0.2) is 72.8 Å². The third-order valence-electron chi connectivity index (χ3n) is 6.68. The Labute approximate surface area is 210 Å². The molecule has 1 amide bonds. The molecule has 1 fully saturated rings. The van der Waals surface area contributed by atoms with Gasteiger partial charge in [0.1, 0.15) is 30.1 Å². The molecule has 0 aliphatic carbocycles. The third kappa shape index (κ3) is 4.97. The molecule has 1 aliphatic heterocycles. The lowest BCUT2D eigenvalue weighted by Crippen LogP contribution is -2.26. The minimum atomic E-state index is -0.775. The van der Waals surface area contributed by atoms with Gasteiger partial charge < -0.3 is 19.3 Å². The molecule has 1 saturated heterocycles. The lowest BCUT2D eigenvalue weighted by molar-refractivity contribution is -0.117. The normalized spacial score (nSPS) is 16.8. The fraction of sp³-hybridized carbons (Fsp3) is 0.310. The smallest absolute Gasteiger partial charge is 0.227 e. The van der Waals surface area contributed by atoms with Crippen LogP contribution in [0.5, 0.6) is 5.75 Å². The van der Waals surface area contributed by atoms with Crippen molar-refractivity contribution in [2.24, 2.45) is 0 Å². The van der Waals surface area contributed by atoms with Crippen LogP contribution in [0.2, 0.25) is 0 Å². The molecule has 1 aromatic heterocycles. The second-order valence-corrected chi connectivity index (χ2v) is 9.64. The first-order valence-electron chi connectivity index (χ1n) is 12.3. The van der Waals surface area contributed by atoms with Gasteiger partial charge in [0.25, 0.3) is 0 Å². The first-order valence-corrected chi connectivity index (χ1v) is 12.3. The van der Waals surface area contributed by atoms with Crippen molar-refractivity contribution < 1.29 is 19.0 Å². The zero-order chi connectivity index (χ0) is 25.2. The maximum Gasteiger partial charge on any atom is 0.227 e. The Hall–Kier alpha value is -3.71. The monoisotopic (exact) mass is 487 g/mol. The lowest BCUT2D eigenvalue weighted by atomic mass is 10.0. The number of amides is 1. The lowest BCUT2D eigenvalue weighted by Gasteiger charge is -2.19. The number of nitrogens with zero attached hydrogens (tertiary/aromatic N) is 3. The predicted octanol–water partition coefficient (Wildman–Crippen LogP) is 5.26. The number of benzene rings is 3. The van der Waals surface area contributed by atoms with Crippen LogP contribution in [0.4, 0.5) is 10.1 Å². The van der Waals surface area contributed by atoms with Crippen molar-refractivity contribution in [1.82, 2.24) is 9.55 Å². The topological polar surface area (TPSA) is 67.6 Å². The average molecular weight is 488 g/mol. The SMILES string of the molecule is CC(C)c1ccc(OC[C@H](O)Cn2c([C@H]3CC(=O)N(c4cccc(F)c4)C3)nc3ccccc32)cc1. The Balaban J connectivity index is 1.34. The summed E-state index contributed by atoms with van der Waals surface area (Å²) in [7, 11) is 0. The van der Waals surface area contributed by atoms with Crippen molar-refractivity contribution in [3.8, 4) is 5.75 Å². The molecule has 1 N–H and O–H groups in total. The van der Waals surface area contributed by atoms with Gasteiger partial charge >= 0.3 is 0 Å². The van der Waals surface area contributed by atoms with Crippen molar-refractivity contribution in [3.05, 3.63) is 90.0 Å². The highest BCUT2D eigenvalue weighted by Crippen LogP contribution is 2.33. The van der Waals surface area contributed by atoms with Crippen molar-refractivity contribution in [2.75, 3.05) is 18.1 Å². The molecule has 0 spiro atoms. The Kier molecular flexibility index (Phi) is 6.74. The van der Waals surface area contributed by atoms with E-state index in [1.807, 2.05) is 53.1 Å². The molecule has 1 aliphatic rings. The van der Waals surface area contributed by atoms with Crippen molar-refractivity contribution in [1.29, 1.82) is 0 Å². The summed E-state index contributed by atoms with van der Waals surface area (Å²) in [6.45, 7) is 5.10. The van der Waals surface area contributed by atoms with Crippen molar-refractivity contribution >= 4 is 22.6 Å². The number of fused-ring (bicyclic) bond motifs is 1. The fourth-order valence-corrected chi connectivity index (χ4v) is 4.78. The van der Waals surface area contributed by atoms with E-state index < -0.39 is 6.10 Å². The number of imidazole rings is 1. The molecule has 3 aromatic carbocycles. The molecule has 0 radical (unpaired) electrons. The second-order valence-electron chi connectivity index (χ2n) is 9.64. The van der Waals surface area contributed by atoms with E-state index >= 15 is 0 Å². The van der Waals surface area contributed by atoms with E-state index in [-0.39, 0.29) is 37.2 Å². The maximum atomic E-state index is 13.8. The summed E-state index contributed by atoms with van der Waals surface area (Å²) < 4.78 is 21.6. The van der Waals surface area contributed by atoms with Gasteiger partial charge in [-0.1, -0.05) is 44.2 Å². The molecule has 186 valence electrons. The minimum absolute atomic E-state index is 0.0714. The molecule has 2 heterocycles. The number of hydrogen-bond donors (Lipinski definition) is 1. The van der Waals surface area contributed by atoms with Gasteiger partial charge in [0, 0.05) is 24.6 Å². The molecular formula is C29H30FN3O3. The molecule has 0 unspecified atom stereocenters. The van der Waals surface area contributed by atoms with Gasteiger partial charge in [0.2, 0.25) is 5.91 Å². The third-order valence-corrected chi connectivity index (χ3v) is 6.68. The van der Waals surface area contributed by atoms with E-state index in [4.69, 9.17) is 9.72 Å². The molecule has 0 saturated carbocycles. The van der Waals surface area contributed by atoms with Crippen LogP contribution in [-0.2, 0) is 11.3 Å². The highest BCUT2D eigenvalue weighted by molar-refractivity contribution is 5.96. The Morgan fingerprint density at radius 1 is 1.08 bits per heavy atom. The largest absolute Gasteiger partial charge is 0.491 e. The highest BCUT2D eigenvalue weighted by atomic mass is 19.1. The number of carbonyl (C=O) groups excluding carboxylic acids is 1. The summed E-state index contributed by atoms with van der Waals surface area (Å²) in [5.41, 5.74) is 3.48. The number of aliphatic hydroxyl groups excluding tert-OH is 1. The summed E-state index contributed by atoms with van der Waals surface area (Å²) in [4.78, 5) is 19.3. The van der Waals surface area contributed by atoms with Crippen LogP contribution >= 0.6 is 0 Å². The predicted molar refractivity (Wildman–Crippen MR) is 138 cm³/mol. The molecule has 4 aromatic rings. The maximum absolute atomic E-state index is 13.8. The van der Waals surface area contributed by atoms with Crippen LogP contribution in [0.25, 0.3) is 11.0 Å². The zero-order valence-electron chi connectivity index (χ0n) is 20.5. The number of carbonyl (C=O) groups is 1. The first kappa shape index (κ1) is 24.0. The summed E-state index contributed by atoms with van der Waals surface area (Å²) in [6.07, 6.45) is -0.503. The molecule has 6 nitrogen and oxygen atoms in total. The number of anilines is 1. The molecule has 0 bridgehead atoms. The van der Waals surface area contributed by atoms with E-state index in [1.165, 1.54) is 17.7 Å². The van der Waals surface area contributed by atoms with Crippen LogP contribution < -0.4 is 9.64 Å². The van der Waals surface area contributed by atoms with Crippen molar-refractivity contribution in [3.63, 3.8) is 0 Å². The Bertz CT molecular complexity index is 1370. The van der Waals surface area contributed by atoms with E-state index in [1.54, 1.807) is 17.0 Å². The van der Waals surface area contributed by atoms with Gasteiger partial charge in [0.05, 0.1) is 17.6 Å². The van der Waals surface area contributed by atoms with Crippen molar-refractivity contribution in [2.45, 2.75) is 44.8 Å². The fourth-order valence-electron chi connectivity index (χ4n) is 4.78. The van der Waals surface area contributed by atoms with Gasteiger partial charge in [-0.2, -0.15) is 0 Å². The highest BCUT2D eigenvalue weighted by Gasteiger charge is 2.35. The summed E-state index contributed by atoms with van der Waals surface area (Å²) in [6, 6.07) is 21.7. The standard InChI is InChI=1S/C29H30FN3O3/c1-19(2)20-10-12-25(13-11-20)36-18-24(34)17-33-27-9-4-3-8-26(27)31-29(33)21-14-28(35)32(16-21)23-7-5-6-22(30)15-23/h3-13,15,19,21,24,34H,14,16-18H2,1-2H3/t21-,24+/m0/s1. The van der Waals surface area contributed by atoms with E-state index in [2.05, 4.69) is 13.8 Å². The number of aliphatic hydroxyl groups is 1. The average Bonchev–Trinajstić information content (AvgIpc) is 3.43. The van der Waals surface area contributed by atoms with E-state index in [0.717, 1.165) is 16.9 Å². The van der Waals surface area contributed by atoms with Crippen LogP contribution in [0.3, 0.4) is 0 Å².